The number of benzene rings is 1. The molecule has 2 aliphatic rings. The Hall–Kier alpha value is -0.769. The first kappa shape index (κ1) is 20.3. The number of primary amides is 1. The van der Waals surface area contributed by atoms with Crippen molar-refractivity contribution in [3.05, 3.63) is 48.9 Å². The van der Waals surface area contributed by atoms with Crippen LogP contribution < -0.4 is 5.73 Å². The molecule has 2 aromatic rings. The summed E-state index contributed by atoms with van der Waals surface area (Å²) in [5, 5.41) is 2.66. The molecule has 0 spiro atoms. The van der Waals surface area contributed by atoms with Gasteiger partial charge in [0.15, 0.2) is 5.91 Å². The molecule has 0 aromatic heterocycles. The van der Waals surface area contributed by atoms with Crippen molar-refractivity contribution in [3.63, 3.8) is 0 Å². The number of hydrogen-bond acceptors (Lipinski definition) is 1. The van der Waals surface area contributed by atoms with Crippen molar-refractivity contribution in [2.45, 2.75) is 38.8 Å². The molecule has 2 nitrogen and oxygen atoms in total. The van der Waals surface area contributed by atoms with Gasteiger partial charge in [0.25, 0.3) is 0 Å². The minimum absolute atomic E-state index is 0. The van der Waals surface area contributed by atoms with Crippen molar-refractivity contribution in [2.24, 2.45) is 17.1 Å². The van der Waals surface area contributed by atoms with Crippen LogP contribution in [0.5, 0.6) is 0 Å². The smallest absolute Gasteiger partial charge is 0.371 e. The summed E-state index contributed by atoms with van der Waals surface area (Å²) in [6.45, 7) is 4.31. The van der Waals surface area contributed by atoms with Crippen LogP contribution >= 0.6 is 0 Å². The molecule has 2 unspecified atom stereocenters. The predicted molar refractivity (Wildman–Crippen MR) is 94.9 cm³/mol. The van der Waals surface area contributed by atoms with E-state index in [4.69, 9.17) is 5.73 Å². The summed E-state index contributed by atoms with van der Waals surface area (Å²) < 4.78 is 0. The van der Waals surface area contributed by atoms with E-state index in [0.29, 0.717) is 0 Å². The molecule has 4 heteroatoms. The number of carbonyl (C=O) groups is 1. The Balaban J connectivity index is 0.000000191. The van der Waals surface area contributed by atoms with Gasteiger partial charge >= 0.3 is 21.7 Å². The first-order chi connectivity index (χ1) is 10.6. The van der Waals surface area contributed by atoms with Crippen LogP contribution in [0.4, 0.5) is 0 Å². The minimum atomic E-state index is -0.176. The molecule has 2 fully saturated rings. The summed E-state index contributed by atoms with van der Waals surface area (Å²) >= 11 is 0. The number of hydrogen-bond donors (Lipinski definition) is 1. The van der Waals surface area contributed by atoms with Gasteiger partial charge in [-0.25, -0.2) is 0 Å². The maximum Gasteiger partial charge on any atom is 2.00 e. The van der Waals surface area contributed by atoms with Gasteiger partial charge in [-0.3, -0.25) is 4.79 Å². The first-order valence-corrected chi connectivity index (χ1v) is 9.94. The van der Waals surface area contributed by atoms with Gasteiger partial charge in [-0.15, -0.1) is 29.7 Å². The van der Waals surface area contributed by atoms with Gasteiger partial charge in [-0.1, -0.05) is 49.8 Å². The molecule has 0 heterocycles. The molecule has 23 heavy (non-hydrogen) atoms. The van der Waals surface area contributed by atoms with Crippen LogP contribution in [0.1, 0.15) is 25.7 Å². The van der Waals surface area contributed by atoms with Crippen LogP contribution in [0.3, 0.4) is 0 Å². The van der Waals surface area contributed by atoms with Gasteiger partial charge in [-0.2, -0.15) is 23.9 Å². The average Bonchev–Trinajstić information content (AvgIpc) is 3.25. The van der Waals surface area contributed by atoms with Crippen molar-refractivity contribution in [1.29, 1.82) is 0 Å². The van der Waals surface area contributed by atoms with Gasteiger partial charge in [-0.05, 0) is 0 Å². The Labute approximate surface area is 157 Å². The van der Waals surface area contributed by atoms with Gasteiger partial charge in [0.1, 0.15) is 0 Å². The van der Waals surface area contributed by atoms with Crippen molar-refractivity contribution in [2.75, 3.05) is 0 Å². The predicted octanol–water partition coefficient (Wildman–Crippen LogP) is 4.21. The van der Waals surface area contributed by atoms with Gasteiger partial charge < -0.3 is 12.2 Å². The number of amides is 1. The molecule has 2 aliphatic carbocycles. The Kier molecular flexibility index (Phi) is 8.38. The van der Waals surface area contributed by atoms with Crippen LogP contribution in [0, 0.1) is 17.8 Å². The fourth-order valence-corrected chi connectivity index (χ4v) is 3.35. The summed E-state index contributed by atoms with van der Waals surface area (Å²) in [4.78, 5) is 11.0. The molecule has 1 amide bonds. The first-order valence-electron chi connectivity index (χ1n) is 7.94. The van der Waals surface area contributed by atoms with Crippen LogP contribution in [-0.4, -0.2) is 15.4 Å². The standard InChI is InChI=1S/C9H7.C8H12NO.C2H6Si.Ti/c1-2-5-9-7-3-6-8(9)4-1;9-7(10)8-3-1-6(5-8)2-4-8;1-3-2;/h1-7H;3,6H,1-2,4-5H2,(H2,9,10);1-2H3;/q2*-1;;+2. The Morgan fingerprint density at radius 1 is 1.30 bits per heavy atom. The molecule has 2 atom stereocenters. The minimum Gasteiger partial charge on any atom is -0.371 e. The second-order valence-electron chi connectivity index (χ2n) is 6.22. The molecule has 2 aromatic carbocycles. The molecule has 2 saturated carbocycles. The topological polar surface area (TPSA) is 43.1 Å². The third-order valence-corrected chi connectivity index (χ3v) is 4.53. The zero-order valence-corrected chi connectivity index (χ0v) is 16.6. The quantitative estimate of drug-likeness (QED) is 0.602. The summed E-state index contributed by atoms with van der Waals surface area (Å²) in [7, 11) is 1.08. The summed E-state index contributed by atoms with van der Waals surface area (Å²) in [6.07, 6.45) is 6.49. The molecule has 2 bridgehead atoms. The normalized spacial score (nSPS) is 24.0. The van der Waals surface area contributed by atoms with Crippen LogP contribution in [-0.2, 0) is 26.5 Å². The molecule has 4 rings (SSSR count). The van der Waals surface area contributed by atoms with E-state index in [1.807, 2.05) is 0 Å². The zero-order chi connectivity index (χ0) is 16.0. The van der Waals surface area contributed by atoms with Gasteiger partial charge in [0, 0.05) is 9.52 Å². The van der Waals surface area contributed by atoms with E-state index in [1.165, 1.54) is 17.2 Å². The Morgan fingerprint density at radius 2 is 2.00 bits per heavy atom. The van der Waals surface area contributed by atoms with Gasteiger partial charge in [0.2, 0.25) is 0 Å². The van der Waals surface area contributed by atoms with E-state index in [0.717, 1.165) is 34.7 Å². The average molecular weight is 359 g/mol. The van der Waals surface area contributed by atoms with Gasteiger partial charge in [0.05, 0.1) is 0 Å². The third-order valence-electron chi connectivity index (χ3n) is 4.53. The van der Waals surface area contributed by atoms with Crippen molar-refractivity contribution >= 4 is 26.2 Å². The molecule has 2 N–H and O–H groups in total. The van der Waals surface area contributed by atoms with E-state index in [-0.39, 0.29) is 33.0 Å². The van der Waals surface area contributed by atoms with Crippen LogP contribution in [0.15, 0.2) is 42.5 Å². The number of carbonyl (C=O) groups excluding carboxylic acids is 1. The molecular formula is C19H25NOSiTi. The van der Waals surface area contributed by atoms with E-state index >= 15 is 0 Å². The van der Waals surface area contributed by atoms with Crippen LogP contribution in [0.25, 0.3) is 10.8 Å². The molecule has 2 radical (unpaired) electrons. The van der Waals surface area contributed by atoms with Crippen LogP contribution in [0.2, 0.25) is 13.1 Å². The van der Waals surface area contributed by atoms with E-state index < -0.39 is 0 Å². The number of fused-ring (bicyclic) bond motifs is 3. The Bertz CT molecular complexity index is 572. The summed E-state index contributed by atoms with van der Waals surface area (Å²) in [5.74, 6) is 0.667. The zero-order valence-electron chi connectivity index (χ0n) is 14.0. The number of rotatable bonds is 1. The van der Waals surface area contributed by atoms with E-state index in [2.05, 4.69) is 62.0 Å². The fourth-order valence-electron chi connectivity index (χ4n) is 3.35. The molecule has 0 saturated heterocycles. The third kappa shape index (κ3) is 5.10. The van der Waals surface area contributed by atoms with E-state index in [1.54, 1.807) is 0 Å². The monoisotopic (exact) mass is 359 g/mol. The maximum atomic E-state index is 11.0. The second-order valence-corrected chi connectivity index (χ2v) is 7.22. The summed E-state index contributed by atoms with van der Waals surface area (Å²) in [6, 6.07) is 14.7. The molecular weight excluding hydrogens is 334 g/mol. The second kappa shape index (κ2) is 9.51. The van der Waals surface area contributed by atoms with E-state index in [9.17, 15) is 4.79 Å². The van der Waals surface area contributed by atoms with Crippen molar-refractivity contribution < 1.29 is 26.5 Å². The SMILES string of the molecule is C[Si]C.NC(=O)C12[CH-]CC(CC1)C2.[Ti+2].c1ccc2[cH-]ccc2c1. The fraction of sp³-hybridized carbons (Fsp3) is 0.421. The number of nitrogens with two attached hydrogens (primary N) is 1. The molecule has 120 valence electrons. The van der Waals surface area contributed by atoms with Crippen molar-refractivity contribution in [3.8, 4) is 0 Å². The Morgan fingerprint density at radius 3 is 2.43 bits per heavy atom. The summed E-state index contributed by atoms with van der Waals surface area (Å²) in [5.41, 5.74) is 5.12. The largest absolute Gasteiger partial charge is 2.00 e. The molecule has 0 aliphatic heterocycles. The maximum absolute atomic E-state index is 11.0. The van der Waals surface area contributed by atoms with Crippen molar-refractivity contribution in [1.82, 2.24) is 0 Å².